The fraction of sp³-hybridized carbons (Fsp3) is 0. The molecule has 0 radical (unpaired) electrons. The lowest BCUT2D eigenvalue weighted by atomic mass is 9.84. The molecule has 0 spiro atoms. The Bertz CT molecular complexity index is 2430. The Hall–Kier alpha value is -5.66. The first-order chi connectivity index (χ1) is 21.4. The van der Waals surface area contributed by atoms with Gasteiger partial charge in [-0.2, -0.15) is 0 Å². The van der Waals surface area contributed by atoms with E-state index in [9.17, 15) is 0 Å². The van der Waals surface area contributed by atoms with Gasteiger partial charge in [-0.05, 0) is 78.8 Å². The van der Waals surface area contributed by atoms with Crippen LogP contribution < -0.4 is 0 Å². The van der Waals surface area contributed by atoms with Crippen molar-refractivity contribution in [2.45, 2.75) is 0 Å². The highest BCUT2D eigenvalue weighted by Gasteiger charge is 2.19. The molecule has 9 rings (SSSR count). The van der Waals surface area contributed by atoms with Gasteiger partial charge in [-0.15, -0.1) is 0 Å². The topological polar surface area (TPSA) is 4.93 Å². The zero-order valence-electron chi connectivity index (χ0n) is 23.5. The van der Waals surface area contributed by atoms with Gasteiger partial charge in [0.05, 0.1) is 11.0 Å². The summed E-state index contributed by atoms with van der Waals surface area (Å²) in [5.41, 5.74) is 8.67. The second kappa shape index (κ2) is 9.44. The lowest BCUT2D eigenvalue weighted by Gasteiger charge is -2.19. The fourth-order valence-corrected chi connectivity index (χ4v) is 7.14. The van der Waals surface area contributed by atoms with Crippen LogP contribution in [-0.2, 0) is 0 Å². The fourth-order valence-electron chi connectivity index (χ4n) is 7.14. The van der Waals surface area contributed by atoms with E-state index in [0.29, 0.717) is 0 Å². The van der Waals surface area contributed by atoms with Gasteiger partial charge in [0.25, 0.3) is 0 Å². The minimum absolute atomic E-state index is 1.17. The average molecular weight is 546 g/mol. The van der Waals surface area contributed by atoms with Crippen molar-refractivity contribution in [1.29, 1.82) is 0 Å². The van der Waals surface area contributed by atoms with Crippen molar-refractivity contribution in [3.63, 3.8) is 0 Å². The second-order valence-electron chi connectivity index (χ2n) is 11.3. The van der Waals surface area contributed by atoms with E-state index in [1.165, 1.54) is 82.1 Å². The van der Waals surface area contributed by atoms with E-state index in [1.807, 2.05) is 0 Å². The molecule has 0 bridgehead atoms. The lowest BCUT2D eigenvalue weighted by Crippen LogP contribution is -1.95. The number of fused-ring (bicyclic) bond motifs is 7. The zero-order chi connectivity index (χ0) is 28.3. The molecule has 1 nitrogen and oxygen atoms in total. The number of rotatable bonds is 3. The molecule has 200 valence electrons. The zero-order valence-corrected chi connectivity index (χ0v) is 23.5. The van der Waals surface area contributed by atoms with Crippen molar-refractivity contribution in [3.8, 4) is 27.9 Å². The van der Waals surface area contributed by atoms with Gasteiger partial charge >= 0.3 is 0 Å². The minimum atomic E-state index is 1.17. The van der Waals surface area contributed by atoms with Gasteiger partial charge in [-0.3, -0.25) is 0 Å². The van der Waals surface area contributed by atoms with Crippen LogP contribution in [0, 0.1) is 0 Å². The Morgan fingerprint density at radius 2 is 0.814 bits per heavy atom. The van der Waals surface area contributed by atoms with Crippen LogP contribution in [0.2, 0.25) is 0 Å². The number of para-hydroxylation sites is 2. The van der Waals surface area contributed by atoms with Gasteiger partial charge in [0, 0.05) is 16.5 Å². The SMILES string of the molecule is c1ccc(-c2c3ccccc3c(-c3ccc(-n4c5ccccc5c5ccccc54)cc3)c3ccc4ccccc4c23)cc1. The number of nitrogens with zero attached hydrogens (tertiary/aromatic N) is 1. The summed E-state index contributed by atoms with van der Waals surface area (Å²) in [6.45, 7) is 0. The van der Waals surface area contributed by atoms with Crippen LogP contribution in [0.3, 0.4) is 0 Å². The van der Waals surface area contributed by atoms with E-state index in [-0.39, 0.29) is 0 Å². The first-order valence-corrected chi connectivity index (χ1v) is 14.9. The van der Waals surface area contributed by atoms with Gasteiger partial charge in [0.1, 0.15) is 0 Å². The van der Waals surface area contributed by atoms with Crippen molar-refractivity contribution in [2.75, 3.05) is 0 Å². The number of hydrogen-bond donors (Lipinski definition) is 0. The second-order valence-corrected chi connectivity index (χ2v) is 11.3. The monoisotopic (exact) mass is 545 g/mol. The molecule has 8 aromatic carbocycles. The molecule has 1 aromatic heterocycles. The van der Waals surface area contributed by atoms with E-state index in [2.05, 4.69) is 168 Å². The Labute approximate surface area is 249 Å². The molecule has 0 fully saturated rings. The van der Waals surface area contributed by atoms with Gasteiger partial charge in [0.2, 0.25) is 0 Å². The number of benzene rings is 8. The van der Waals surface area contributed by atoms with E-state index in [0.717, 1.165) is 0 Å². The normalized spacial score (nSPS) is 11.7. The highest BCUT2D eigenvalue weighted by atomic mass is 15.0. The van der Waals surface area contributed by atoms with Crippen molar-refractivity contribution in [3.05, 3.63) is 164 Å². The molecule has 0 aliphatic carbocycles. The quantitative estimate of drug-likeness (QED) is 0.154. The summed E-state index contributed by atoms with van der Waals surface area (Å²) < 4.78 is 2.39. The standard InChI is InChI=1S/C42H27N/c1-2-13-29(14-3-1)41-36-19-7-6-18-35(36)40(37-27-24-28-12-4-5-15-32(28)42(37)41)30-22-25-31(26-23-30)43-38-20-10-8-16-33(38)34-17-9-11-21-39(34)43/h1-27H. The maximum absolute atomic E-state index is 2.39. The molecule has 1 heterocycles. The van der Waals surface area contributed by atoms with Crippen molar-refractivity contribution < 1.29 is 0 Å². The molecule has 0 saturated carbocycles. The molecule has 0 saturated heterocycles. The van der Waals surface area contributed by atoms with E-state index < -0.39 is 0 Å². The van der Waals surface area contributed by atoms with Crippen LogP contribution in [0.15, 0.2) is 164 Å². The minimum Gasteiger partial charge on any atom is -0.309 e. The molecule has 0 aliphatic rings. The summed E-state index contributed by atoms with van der Waals surface area (Å²) in [4.78, 5) is 0. The van der Waals surface area contributed by atoms with Crippen molar-refractivity contribution in [2.24, 2.45) is 0 Å². The number of hydrogen-bond acceptors (Lipinski definition) is 0. The molecule has 0 amide bonds. The third-order valence-electron chi connectivity index (χ3n) is 8.97. The molecule has 0 unspecified atom stereocenters. The molecule has 0 atom stereocenters. The average Bonchev–Trinajstić information content (AvgIpc) is 3.42. The van der Waals surface area contributed by atoms with E-state index in [4.69, 9.17) is 0 Å². The Morgan fingerprint density at radius 3 is 1.49 bits per heavy atom. The van der Waals surface area contributed by atoms with E-state index in [1.54, 1.807) is 0 Å². The molecule has 0 aliphatic heterocycles. The highest BCUT2D eigenvalue weighted by Crippen LogP contribution is 2.46. The molecule has 43 heavy (non-hydrogen) atoms. The largest absolute Gasteiger partial charge is 0.309 e. The van der Waals surface area contributed by atoms with Gasteiger partial charge < -0.3 is 4.57 Å². The molecular formula is C42H27N. The first-order valence-electron chi connectivity index (χ1n) is 14.9. The Morgan fingerprint density at radius 1 is 0.302 bits per heavy atom. The summed E-state index contributed by atoms with van der Waals surface area (Å²) in [7, 11) is 0. The molecule has 9 aromatic rings. The Balaban J connectivity index is 1.35. The van der Waals surface area contributed by atoms with Crippen LogP contribution >= 0.6 is 0 Å². The van der Waals surface area contributed by atoms with E-state index >= 15 is 0 Å². The van der Waals surface area contributed by atoms with Gasteiger partial charge in [-0.1, -0.05) is 140 Å². The summed E-state index contributed by atoms with van der Waals surface area (Å²) in [6.07, 6.45) is 0. The maximum atomic E-state index is 2.39. The third kappa shape index (κ3) is 3.58. The number of aromatic nitrogens is 1. The summed E-state index contributed by atoms with van der Waals surface area (Å²) in [6, 6.07) is 59.7. The smallest absolute Gasteiger partial charge is 0.0541 e. The Kier molecular flexibility index (Phi) is 5.27. The molecule has 1 heteroatoms. The summed E-state index contributed by atoms with van der Waals surface area (Å²) >= 11 is 0. The maximum Gasteiger partial charge on any atom is 0.0541 e. The summed E-state index contributed by atoms with van der Waals surface area (Å²) in [5.74, 6) is 0. The van der Waals surface area contributed by atoms with Gasteiger partial charge in [0.15, 0.2) is 0 Å². The molecular weight excluding hydrogens is 518 g/mol. The van der Waals surface area contributed by atoms with Crippen LogP contribution in [0.5, 0.6) is 0 Å². The summed E-state index contributed by atoms with van der Waals surface area (Å²) in [5, 5.41) is 10.2. The van der Waals surface area contributed by atoms with Crippen molar-refractivity contribution in [1.82, 2.24) is 4.57 Å². The van der Waals surface area contributed by atoms with Crippen LogP contribution in [0.25, 0.3) is 82.1 Å². The predicted molar refractivity (Wildman–Crippen MR) is 184 cm³/mol. The van der Waals surface area contributed by atoms with Crippen LogP contribution in [-0.4, -0.2) is 4.57 Å². The van der Waals surface area contributed by atoms with Crippen LogP contribution in [0.4, 0.5) is 0 Å². The third-order valence-corrected chi connectivity index (χ3v) is 8.97. The van der Waals surface area contributed by atoms with Gasteiger partial charge in [-0.25, -0.2) is 0 Å². The molecule has 0 N–H and O–H groups in total. The highest BCUT2D eigenvalue weighted by molar-refractivity contribution is 6.27. The lowest BCUT2D eigenvalue weighted by molar-refractivity contribution is 1.18. The van der Waals surface area contributed by atoms with Crippen LogP contribution in [0.1, 0.15) is 0 Å². The van der Waals surface area contributed by atoms with Crippen molar-refractivity contribution >= 4 is 54.1 Å². The first kappa shape index (κ1) is 24.0. The predicted octanol–water partition coefficient (Wildman–Crippen LogP) is 11.6.